The van der Waals surface area contributed by atoms with Crippen molar-refractivity contribution < 1.29 is 13.2 Å². The average Bonchev–Trinajstić information content (AvgIpc) is 2.98. The van der Waals surface area contributed by atoms with Gasteiger partial charge >= 0.3 is 0 Å². The lowest BCUT2D eigenvalue weighted by atomic mass is 10.3. The molecule has 1 aromatic carbocycles. The molecule has 0 saturated heterocycles. The zero-order chi connectivity index (χ0) is 19.3. The SMILES string of the molecule is CC(C)CSc1nnc(NC(=O)CN(c2ccc(Br)cc2)S(C)(=O)=O)s1. The van der Waals surface area contributed by atoms with Crippen LogP contribution < -0.4 is 9.62 Å². The molecule has 0 saturated carbocycles. The number of benzene rings is 1. The number of carbonyl (C=O) groups excluding carboxylic acids is 1. The van der Waals surface area contributed by atoms with Crippen LogP contribution in [-0.2, 0) is 14.8 Å². The number of hydrogen-bond acceptors (Lipinski definition) is 7. The van der Waals surface area contributed by atoms with Crippen molar-refractivity contribution in [1.29, 1.82) is 0 Å². The molecule has 1 amide bonds. The Labute approximate surface area is 169 Å². The summed E-state index contributed by atoms with van der Waals surface area (Å²) in [4.78, 5) is 12.3. The van der Waals surface area contributed by atoms with Gasteiger partial charge in [0.2, 0.25) is 21.1 Å². The predicted molar refractivity (Wildman–Crippen MR) is 110 cm³/mol. The highest BCUT2D eigenvalue weighted by Crippen LogP contribution is 2.27. The lowest BCUT2D eigenvalue weighted by Crippen LogP contribution is -2.37. The molecule has 0 bridgehead atoms. The van der Waals surface area contributed by atoms with Gasteiger partial charge in [0.05, 0.1) is 11.9 Å². The molecule has 0 aliphatic rings. The number of nitrogens with zero attached hydrogens (tertiary/aromatic N) is 3. The van der Waals surface area contributed by atoms with Crippen LogP contribution in [0.15, 0.2) is 33.1 Å². The first kappa shape index (κ1) is 21.1. The first-order valence-corrected chi connectivity index (χ1v) is 12.1. The summed E-state index contributed by atoms with van der Waals surface area (Å²) >= 11 is 6.15. The molecule has 11 heteroatoms. The van der Waals surface area contributed by atoms with Crippen LogP contribution in [0, 0.1) is 5.92 Å². The summed E-state index contributed by atoms with van der Waals surface area (Å²) in [7, 11) is -3.61. The minimum atomic E-state index is -3.61. The number of anilines is 2. The predicted octanol–water partition coefficient (Wildman–Crippen LogP) is 3.45. The molecule has 0 fully saturated rings. The lowest BCUT2D eigenvalue weighted by Gasteiger charge is -2.21. The summed E-state index contributed by atoms with van der Waals surface area (Å²) in [5.41, 5.74) is 0.413. The van der Waals surface area contributed by atoms with Crippen molar-refractivity contribution in [2.45, 2.75) is 18.2 Å². The van der Waals surface area contributed by atoms with Gasteiger partial charge in [0, 0.05) is 10.2 Å². The molecule has 0 aliphatic heterocycles. The van der Waals surface area contributed by atoms with E-state index >= 15 is 0 Å². The lowest BCUT2D eigenvalue weighted by molar-refractivity contribution is -0.114. The first-order chi connectivity index (χ1) is 12.1. The van der Waals surface area contributed by atoms with Crippen molar-refractivity contribution in [1.82, 2.24) is 10.2 Å². The largest absolute Gasteiger partial charge is 0.299 e. The van der Waals surface area contributed by atoms with Crippen molar-refractivity contribution in [3.63, 3.8) is 0 Å². The standard InChI is InChI=1S/C15H19BrN4O3S3/c1-10(2)9-24-15-19-18-14(25-15)17-13(21)8-20(26(3,22)23)12-6-4-11(16)5-7-12/h4-7,10H,8-9H2,1-3H3,(H,17,18,21). The molecule has 0 radical (unpaired) electrons. The summed E-state index contributed by atoms with van der Waals surface area (Å²) in [5, 5.41) is 10.9. The molecule has 0 atom stereocenters. The maximum Gasteiger partial charge on any atom is 0.246 e. The van der Waals surface area contributed by atoms with E-state index in [4.69, 9.17) is 0 Å². The highest BCUT2D eigenvalue weighted by Gasteiger charge is 2.21. The van der Waals surface area contributed by atoms with Gasteiger partial charge in [-0.05, 0) is 30.2 Å². The minimum absolute atomic E-state index is 0.339. The summed E-state index contributed by atoms with van der Waals surface area (Å²) in [5.74, 6) is 0.958. The van der Waals surface area contributed by atoms with E-state index in [2.05, 4.69) is 45.3 Å². The van der Waals surface area contributed by atoms with E-state index in [1.807, 2.05) is 0 Å². The molecule has 7 nitrogen and oxygen atoms in total. The van der Waals surface area contributed by atoms with E-state index < -0.39 is 15.9 Å². The molecule has 142 valence electrons. The molecule has 1 N–H and O–H groups in total. The molecule has 0 aliphatic carbocycles. The number of aromatic nitrogens is 2. The van der Waals surface area contributed by atoms with Crippen LogP contribution in [0.1, 0.15) is 13.8 Å². The summed E-state index contributed by atoms with van der Waals surface area (Å²) in [6.07, 6.45) is 1.06. The number of halogens is 1. The van der Waals surface area contributed by atoms with Crippen LogP contribution in [0.5, 0.6) is 0 Å². The van der Waals surface area contributed by atoms with Gasteiger partial charge in [0.25, 0.3) is 0 Å². The van der Waals surface area contributed by atoms with E-state index in [0.29, 0.717) is 16.7 Å². The summed E-state index contributed by atoms with van der Waals surface area (Å²) in [6, 6.07) is 6.69. The molecule has 0 spiro atoms. The Morgan fingerprint density at radius 1 is 1.31 bits per heavy atom. The van der Waals surface area contributed by atoms with Gasteiger partial charge in [0.1, 0.15) is 6.54 Å². The second kappa shape index (κ2) is 9.16. The number of thioether (sulfide) groups is 1. The number of carbonyl (C=O) groups is 1. The van der Waals surface area contributed by atoms with Crippen LogP contribution in [0.4, 0.5) is 10.8 Å². The molecular formula is C15H19BrN4O3S3. The fraction of sp³-hybridized carbons (Fsp3) is 0.400. The number of nitrogens with one attached hydrogen (secondary N) is 1. The van der Waals surface area contributed by atoms with Gasteiger partial charge in [-0.15, -0.1) is 10.2 Å². The minimum Gasteiger partial charge on any atom is -0.299 e. The van der Waals surface area contributed by atoms with E-state index in [1.54, 1.807) is 36.0 Å². The van der Waals surface area contributed by atoms with Crippen molar-refractivity contribution in [3.8, 4) is 0 Å². The average molecular weight is 479 g/mol. The second-order valence-corrected chi connectivity index (χ2v) is 10.9. The Hall–Kier alpha value is -1.17. The summed E-state index contributed by atoms with van der Waals surface area (Å²) < 4.78 is 26.8. The molecule has 1 heterocycles. The Kier molecular flexibility index (Phi) is 7.44. The third-order valence-corrected chi connectivity index (χ3v) is 7.06. The normalized spacial score (nSPS) is 11.6. The van der Waals surface area contributed by atoms with E-state index in [0.717, 1.165) is 25.1 Å². The number of rotatable bonds is 8. The highest BCUT2D eigenvalue weighted by atomic mass is 79.9. The maximum absolute atomic E-state index is 12.3. The second-order valence-electron chi connectivity index (χ2n) is 5.87. The van der Waals surface area contributed by atoms with Crippen molar-refractivity contribution >= 4 is 65.8 Å². The Morgan fingerprint density at radius 2 is 1.96 bits per heavy atom. The van der Waals surface area contributed by atoms with Crippen molar-refractivity contribution in [2.24, 2.45) is 5.92 Å². The molecule has 2 aromatic rings. The third-order valence-electron chi connectivity index (χ3n) is 3.00. The molecule has 0 unspecified atom stereocenters. The van der Waals surface area contributed by atoms with Crippen LogP contribution >= 0.6 is 39.0 Å². The zero-order valence-corrected chi connectivity index (χ0v) is 18.5. The van der Waals surface area contributed by atoms with E-state index in [9.17, 15) is 13.2 Å². The number of hydrogen-bond donors (Lipinski definition) is 1. The van der Waals surface area contributed by atoms with Gasteiger partial charge in [0.15, 0.2) is 4.34 Å². The number of sulfonamides is 1. The van der Waals surface area contributed by atoms with Gasteiger partial charge in [-0.25, -0.2) is 8.42 Å². The molecule has 26 heavy (non-hydrogen) atoms. The van der Waals surface area contributed by atoms with Gasteiger partial charge in [-0.2, -0.15) is 0 Å². The van der Waals surface area contributed by atoms with E-state index in [1.165, 1.54) is 11.3 Å². The monoisotopic (exact) mass is 478 g/mol. The first-order valence-electron chi connectivity index (χ1n) is 7.64. The van der Waals surface area contributed by atoms with Crippen LogP contribution in [0.3, 0.4) is 0 Å². The van der Waals surface area contributed by atoms with Crippen LogP contribution in [-0.4, -0.2) is 43.1 Å². The molecule has 2 rings (SSSR count). The van der Waals surface area contributed by atoms with Crippen LogP contribution in [0.2, 0.25) is 0 Å². The van der Waals surface area contributed by atoms with Gasteiger partial charge in [-0.3, -0.25) is 14.4 Å². The number of amides is 1. The fourth-order valence-electron chi connectivity index (χ4n) is 1.85. The molecule has 1 aromatic heterocycles. The quantitative estimate of drug-likeness (QED) is 0.461. The van der Waals surface area contributed by atoms with Crippen LogP contribution in [0.25, 0.3) is 0 Å². The van der Waals surface area contributed by atoms with E-state index in [-0.39, 0.29) is 6.54 Å². The highest BCUT2D eigenvalue weighted by molar-refractivity contribution is 9.10. The van der Waals surface area contributed by atoms with Crippen molar-refractivity contribution in [2.75, 3.05) is 28.2 Å². The smallest absolute Gasteiger partial charge is 0.246 e. The van der Waals surface area contributed by atoms with Crippen molar-refractivity contribution in [3.05, 3.63) is 28.7 Å². The summed E-state index contributed by atoms with van der Waals surface area (Å²) in [6.45, 7) is 3.88. The third kappa shape index (κ3) is 6.53. The Bertz CT molecular complexity index is 853. The zero-order valence-electron chi connectivity index (χ0n) is 14.5. The Balaban J connectivity index is 2.05. The maximum atomic E-state index is 12.3. The molecular weight excluding hydrogens is 460 g/mol. The fourth-order valence-corrected chi connectivity index (χ4v) is 4.72. The van der Waals surface area contributed by atoms with Gasteiger partial charge in [-0.1, -0.05) is 52.9 Å². The van der Waals surface area contributed by atoms with Gasteiger partial charge < -0.3 is 0 Å². The Morgan fingerprint density at radius 3 is 2.54 bits per heavy atom. The topological polar surface area (TPSA) is 92.3 Å².